The van der Waals surface area contributed by atoms with Crippen LogP contribution in [0.15, 0.2) is 6.20 Å². The number of amides is 1. The quantitative estimate of drug-likeness (QED) is 0.839. The lowest BCUT2D eigenvalue weighted by Gasteiger charge is -2.26. The third-order valence-electron chi connectivity index (χ3n) is 3.85. The Kier molecular flexibility index (Phi) is 4.01. The average molecular weight is 250 g/mol. The molecule has 0 spiro atoms. The van der Waals surface area contributed by atoms with Crippen molar-refractivity contribution >= 4 is 5.91 Å². The van der Waals surface area contributed by atoms with Gasteiger partial charge in [-0.05, 0) is 32.1 Å². The molecule has 3 N–H and O–H groups in total. The topological polar surface area (TPSA) is 72.9 Å². The molecule has 0 radical (unpaired) electrons. The van der Waals surface area contributed by atoms with Gasteiger partial charge in [-0.1, -0.05) is 6.42 Å². The Hall–Kier alpha value is -1.36. The maximum Gasteiger partial charge on any atom is 0.254 e. The Balaban J connectivity index is 1.86. The smallest absolute Gasteiger partial charge is 0.254 e. The highest BCUT2D eigenvalue weighted by Crippen LogP contribution is 2.22. The minimum Gasteiger partial charge on any atom is -0.352 e. The zero-order valence-corrected chi connectivity index (χ0v) is 11.1. The molecule has 0 aromatic carbocycles. The van der Waals surface area contributed by atoms with Crippen LogP contribution in [-0.4, -0.2) is 28.3 Å². The molecular formula is C13H22N4O. The van der Waals surface area contributed by atoms with Crippen LogP contribution in [0.2, 0.25) is 0 Å². The molecule has 1 heterocycles. The summed E-state index contributed by atoms with van der Waals surface area (Å²) in [7, 11) is 1.84. The summed E-state index contributed by atoms with van der Waals surface area (Å²) in [6, 6.07) is 0.306. The third kappa shape index (κ3) is 2.90. The minimum absolute atomic E-state index is 0.0280. The zero-order chi connectivity index (χ0) is 13.1. The average Bonchev–Trinajstić information content (AvgIpc) is 2.67. The van der Waals surface area contributed by atoms with E-state index in [1.54, 1.807) is 10.9 Å². The summed E-state index contributed by atoms with van der Waals surface area (Å²) >= 11 is 0. The molecule has 0 aliphatic heterocycles. The lowest BCUT2D eigenvalue weighted by molar-refractivity contribution is 0.0941. The second kappa shape index (κ2) is 5.52. The summed E-state index contributed by atoms with van der Waals surface area (Å²) in [5.41, 5.74) is 7.50. The van der Waals surface area contributed by atoms with Gasteiger partial charge in [0.15, 0.2) is 0 Å². The van der Waals surface area contributed by atoms with Gasteiger partial charge in [0.25, 0.3) is 5.91 Å². The van der Waals surface area contributed by atoms with E-state index in [0.717, 1.165) is 25.1 Å². The normalized spacial score (nSPS) is 23.9. The molecule has 18 heavy (non-hydrogen) atoms. The molecule has 100 valence electrons. The molecule has 1 saturated carbocycles. The predicted octanol–water partition coefficient (Wildman–Crippen LogP) is 0.976. The van der Waals surface area contributed by atoms with Crippen LogP contribution in [0, 0.1) is 12.8 Å². The third-order valence-corrected chi connectivity index (χ3v) is 3.85. The van der Waals surface area contributed by atoms with E-state index in [0.29, 0.717) is 17.5 Å². The van der Waals surface area contributed by atoms with Crippen molar-refractivity contribution in [2.75, 3.05) is 6.54 Å². The Morgan fingerprint density at radius 2 is 2.39 bits per heavy atom. The minimum atomic E-state index is -0.0280. The molecule has 1 aliphatic rings. The first-order valence-electron chi connectivity index (χ1n) is 6.60. The van der Waals surface area contributed by atoms with Gasteiger partial charge in [-0.2, -0.15) is 5.10 Å². The molecule has 0 bridgehead atoms. The van der Waals surface area contributed by atoms with Gasteiger partial charge >= 0.3 is 0 Å². The fourth-order valence-electron chi connectivity index (χ4n) is 2.57. The van der Waals surface area contributed by atoms with Crippen LogP contribution in [-0.2, 0) is 7.05 Å². The molecule has 2 unspecified atom stereocenters. The second-order valence-electron chi connectivity index (χ2n) is 5.27. The molecule has 1 aliphatic carbocycles. The van der Waals surface area contributed by atoms with Crippen molar-refractivity contribution in [3.8, 4) is 0 Å². The van der Waals surface area contributed by atoms with Crippen LogP contribution in [0.1, 0.15) is 41.7 Å². The second-order valence-corrected chi connectivity index (χ2v) is 5.27. The SMILES string of the molecule is Cc1c(C(=O)NCC2CCCC(N)C2)cnn1C. The van der Waals surface area contributed by atoms with Crippen LogP contribution in [0.3, 0.4) is 0 Å². The Morgan fingerprint density at radius 3 is 3.00 bits per heavy atom. The number of nitrogens with zero attached hydrogens (tertiary/aromatic N) is 2. The van der Waals surface area contributed by atoms with Crippen molar-refractivity contribution < 1.29 is 4.79 Å². The van der Waals surface area contributed by atoms with E-state index in [9.17, 15) is 4.79 Å². The van der Waals surface area contributed by atoms with Crippen LogP contribution >= 0.6 is 0 Å². The number of rotatable bonds is 3. The number of aryl methyl sites for hydroxylation is 1. The summed E-state index contributed by atoms with van der Waals surface area (Å²) in [5.74, 6) is 0.495. The van der Waals surface area contributed by atoms with Gasteiger partial charge in [-0.3, -0.25) is 9.48 Å². The highest BCUT2D eigenvalue weighted by Gasteiger charge is 2.20. The first-order valence-corrected chi connectivity index (χ1v) is 6.60. The zero-order valence-electron chi connectivity index (χ0n) is 11.1. The summed E-state index contributed by atoms with van der Waals surface area (Å²) in [5, 5.41) is 7.08. The molecule has 1 fully saturated rings. The Morgan fingerprint density at radius 1 is 1.61 bits per heavy atom. The van der Waals surface area contributed by atoms with E-state index in [4.69, 9.17) is 5.73 Å². The highest BCUT2D eigenvalue weighted by atomic mass is 16.1. The molecule has 1 amide bonds. The molecule has 2 atom stereocenters. The van der Waals surface area contributed by atoms with Crippen molar-refractivity contribution in [3.63, 3.8) is 0 Å². The molecule has 5 heteroatoms. The van der Waals surface area contributed by atoms with Crippen molar-refractivity contribution in [2.45, 2.75) is 38.6 Å². The van der Waals surface area contributed by atoms with E-state index >= 15 is 0 Å². The molecule has 0 saturated heterocycles. The van der Waals surface area contributed by atoms with Crippen molar-refractivity contribution in [1.82, 2.24) is 15.1 Å². The number of nitrogens with two attached hydrogens (primary N) is 1. The van der Waals surface area contributed by atoms with Gasteiger partial charge < -0.3 is 11.1 Å². The van der Waals surface area contributed by atoms with E-state index in [1.807, 2.05) is 14.0 Å². The number of nitrogens with one attached hydrogen (secondary N) is 1. The van der Waals surface area contributed by atoms with E-state index in [1.165, 1.54) is 12.8 Å². The monoisotopic (exact) mass is 250 g/mol. The number of hydrogen-bond donors (Lipinski definition) is 2. The van der Waals surface area contributed by atoms with Crippen molar-refractivity contribution in [2.24, 2.45) is 18.7 Å². The van der Waals surface area contributed by atoms with Crippen molar-refractivity contribution in [1.29, 1.82) is 0 Å². The van der Waals surface area contributed by atoms with E-state index in [2.05, 4.69) is 10.4 Å². The molecule has 1 aromatic heterocycles. The molecule has 2 rings (SSSR count). The number of aromatic nitrogens is 2. The fraction of sp³-hybridized carbons (Fsp3) is 0.692. The highest BCUT2D eigenvalue weighted by molar-refractivity contribution is 5.94. The lowest BCUT2D eigenvalue weighted by atomic mass is 9.86. The summed E-state index contributed by atoms with van der Waals surface area (Å²) < 4.78 is 1.71. The standard InChI is InChI=1S/C13H22N4O/c1-9-12(8-16-17(9)2)13(18)15-7-10-4-3-5-11(14)6-10/h8,10-11H,3-7,14H2,1-2H3,(H,15,18). The first kappa shape index (κ1) is 13.1. The maximum atomic E-state index is 12.0. The van der Waals surface area contributed by atoms with E-state index < -0.39 is 0 Å². The molecular weight excluding hydrogens is 228 g/mol. The number of hydrogen-bond acceptors (Lipinski definition) is 3. The first-order chi connectivity index (χ1) is 8.58. The van der Waals surface area contributed by atoms with Gasteiger partial charge in [-0.25, -0.2) is 0 Å². The number of carbonyl (C=O) groups excluding carboxylic acids is 1. The summed E-state index contributed by atoms with van der Waals surface area (Å²) in [6.45, 7) is 2.62. The van der Waals surface area contributed by atoms with Gasteiger partial charge in [0.05, 0.1) is 11.8 Å². The fourth-order valence-corrected chi connectivity index (χ4v) is 2.57. The Bertz CT molecular complexity index is 427. The number of carbonyl (C=O) groups is 1. The van der Waals surface area contributed by atoms with Gasteiger partial charge in [0.1, 0.15) is 0 Å². The molecule has 5 nitrogen and oxygen atoms in total. The largest absolute Gasteiger partial charge is 0.352 e. The summed E-state index contributed by atoms with van der Waals surface area (Å²) in [4.78, 5) is 12.0. The van der Waals surface area contributed by atoms with Crippen LogP contribution in [0.5, 0.6) is 0 Å². The maximum absolute atomic E-state index is 12.0. The van der Waals surface area contributed by atoms with Gasteiger partial charge in [0, 0.05) is 25.3 Å². The lowest BCUT2D eigenvalue weighted by Crippen LogP contribution is -2.35. The van der Waals surface area contributed by atoms with Gasteiger partial charge in [-0.15, -0.1) is 0 Å². The van der Waals surface area contributed by atoms with Crippen LogP contribution < -0.4 is 11.1 Å². The summed E-state index contributed by atoms with van der Waals surface area (Å²) in [6.07, 6.45) is 6.10. The van der Waals surface area contributed by atoms with Crippen molar-refractivity contribution in [3.05, 3.63) is 17.5 Å². The predicted molar refractivity (Wildman–Crippen MR) is 70.2 cm³/mol. The molecule has 1 aromatic rings. The Labute approximate surface area is 108 Å². The van der Waals surface area contributed by atoms with Crippen LogP contribution in [0.4, 0.5) is 0 Å². The van der Waals surface area contributed by atoms with Crippen LogP contribution in [0.25, 0.3) is 0 Å². The van der Waals surface area contributed by atoms with E-state index in [-0.39, 0.29) is 5.91 Å². The van der Waals surface area contributed by atoms with Gasteiger partial charge in [0.2, 0.25) is 0 Å².